The van der Waals surface area contributed by atoms with Crippen LogP contribution in [0.4, 0.5) is 0 Å². The summed E-state index contributed by atoms with van der Waals surface area (Å²) >= 11 is 0. The molecule has 2 aliphatic rings. The normalized spacial score (nSPS) is 24.1. The van der Waals surface area contributed by atoms with Gasteiger partial charge in [0.2, 0.25) is 0 Å². The van der Waals surface area contributed by atoms with Gasteiger partial charge in [0.05, 0.1) is 0 Å². The molecular formula is C21H31N3O. The van der Waals surface area contributed by atoms with Crippen molar-refractivity contribution < 1.29 is 5.11 Å². The van der Waals surface area contributed by atoms with Crippen LogP contribution in [0.15, 0.2) is 30.5 Å². The van der Waals surface area contributed by atoms with Gasteiger partial charge in [0.25, 0.3) is 0 Å². The van der Waals surface area contributed by atoms with Crippen LogP contribution in [-0.2, 0) is 6.54 Å². The van der Waals surface area contributed by atoms with Crippen molar-refractivity contribution in [3.05, 3.63) is 36.0 Å². The molecule has 4 heteroatoms. The Balaban J connectivity index is 1.44. The van der Waals surface area contributed by atoms with Crippen LogP contribution in [-0.4, -0.2) is 58.2 Å². The Kier molecular flexibility index (Phi) is 5.39. The fraction of sp³-hybridized carbons (Fsp3) is 0.619. The van der Waals surface area contributed by atoms with Crippen molar-refractivity contribution in [2.24, 2.45) is 0 Å². The van der Waals surface area contributed by atoms with Crippen LogP contribution in [0.3, 0.4) is 0 Å². The minimum atomic E-state index is 0.300. The molecule has 1 aromatic heterocycles. The van der Waals surface area contributed by atoms with Gasteiger partial charge in [0, 0.05) is 62.0 Å². The van der Waals surface area contributed by atoms with Gasteiger partial charge >= 0.3 is 0 Å². The number of hydrogen-bond acceptors (Lipinski definition) is 3. The van der Waals surface area contributed by atoms with Gasteiger partial charge in [-0.25, -0.2) is 0 Å². The molecule has 2 fully saturated rings. The SMILES string of the molecule is OCC[C@H]1CN(Cc2c[nH]c3ccccc23)CCN1C1CCCCC1. The Hall–Kier alpha value is -1.36. The van der Waals surface area contributed by atoms with Crippen molar-refractivity contribution in [1.29, 1.82) is 0 Å². The molecule has 2 N–H and O–H groups in total. The zero-order valence-electron chi connectivity index (χ0n) is 15.2. The molecule has 1 aromatic carbocycles. The number of hydrogen-bond donors (Lipinski definition) is 2. The molecule has 2 heterocycles. The summed E-state index contributed by atoms with van der Waals surface area (Å²) in [7, 11) is 0. The van der Waals surface area contributed by atoms with E-state index < -0.39 is 0 Å². The molecule has 136 valence electrons. The highest BCUT2D eigenvalue weighted by atomic mass is 16.3. The smallest absolute Gasteiger partial charge is 0.0457 e. The van der Waals surface area contributed by atoms with E-state index in [9.17, 15) is 5.11 Å². The Morgan fingerprint density at radius 3 is 2.76 bits per heavy atom. The maximum absolute atomic E-state index is 9.57. The van der Waals surface area contributed by atoms with Gasteiger partial charge in [-0.3, -0.25) is 9.80 Å². The third-order valence-corrected chi connectivity index (χ3v) is 6.19. The number of para-hydroxylation sites is 1. The number of nitrogens with one attached hydrogen (secondary N) is 1. The van der Waals surface area contributed by atoms with Crippen LogP contribution in [0.2, 0.25) is 0 Å². The van der Waals surface area contributed by atoms with Crippen molar-refractivity contribution in [3.63, 3.8) is 0 Å². The van der Waals surface area contributed by atoms with E-state index in [0.29, 0.717) is 12.6 Å². The summed E-state index contributed by atoms with van der Waals surface area (Å²) in [6.07, 6.45) is 9.94. The molecule has 1 aliphatic carbocycles. The number of aliphatic hydroxyl groups is 1. The second kappa shape index (κ2) is 7.90. The molecule has 0 amide bonds. The topological polar surface area (TPSA) is 42.5 Å². The van der Waals surface area contributed by atoms with Gasteiger partial charge in [-0.15, -0.1) is 0 Å². The molecule has 1 atom stereocenters. The number of aromatic amines is 1. The highest BCUT2D eigenvalue weighted by Gasteiger charge is 2.32. The Morgan fingerprint density at radius 1 is 1.08 bits per heavy atom. The Labute approximate surface area is 150 Å². The lowest BCUT2D eigenvalue weighted by molar-refractivity contribution is 0.0138. The maximum atomic E-state index is 9.57. The Bertz CT molecular complexity index is 677. The fourth-order valence-corrected chi connectivity index (χ4v) is 4.88. The van der Waals surface area contributed by atoms with Gasteiger partial charge in [-0.05, 0) is 30.9 Å². The average molecular weight is 341 g/mol. The average Bonchev–Trinajstić information content (AvgIpc) is 3.06. The molecule has 1 saturated carbocycles. The fourth-order valence-electron chi connectivity index (χ4n) is 4.88. The van der Waals surface area contributed by atoms with Crippen LogP contribution in [0.1, 0.15) is 44.1 Å². The predicted molar refractivity (Wildman–Crippen MR) is 103 cm³/mol. The highest BCUT2D eigenvalue weighted by Crippen LogP contribution is 2.28. The molecule has 0 bridgehead atoms. The summed E-state index contributed by atoms with van der Waals surface area (Å²) in [5.74, 6) is 0. The quantitative estimate of drug-likeness (QED) is 0.876. The molecule has 0 spiro atoms. The summed E-state index contributed by atoms with van der Waals surface area (Å²) in [5.41, 5.74) is 2.62. The van der Waals surface area contributed by atoms with E-state index >= 15 is 0 Å². The van der Waals surface area contributed by atoms with Gasteiger partial charge in [-0.1, -0.05) is 37.5 Å². The zero-order chi connectivity index (χ0) is 17.1. The van der Waals surface area contributed by atoms with E-state index in [2.05, 4.69) is 45.2 Å². The monoisotopic (exact) mass is 341 g/mol. The number of aromatic nitrogens is 1. The van der Waals surface area contributed by atoms with Gasteiger partial charge in [0.15, 0.2) is 0 Å². The van der Waals surface area contributed by atoms with Crippen molar-refractivity contribution in [1.82, 2.24) is 14.8 Å². The largest absolute Gasteiger partial charge is 0.396 e. The van der Waals surface area contributed by atoms with Crippen molar-refractivity contribution >= 4 is 10.9 Å². The molecule has 0 unspecified atom stereocenters. The van der Waals surface area contributed by atoms with E-state index in [1.54, 1.807) is 0 Å². The van der Waals surface area contributed by atoms with Crippen LogP contribution in [0, 0.1) is 0 Å². The lowest BCUT2D eigenvalue weighted by Gasteiger charge is -2.46. The first-order valence-corrected chi connectivity index (χ1v) is 9.99. The highest BCUT2D eigenvalue weighted by molar-refractivity contribution is 5.82. The molecule has 1 aliphatic heterocycles. The summed E-state index contributed by atoms with van der Waals surface area (Å²) in [5, 5.41) is 10.9. The van der Waals surface area contributed by atoms with E-state index in [4.69, 9.17) is 0 Å². The second-order valence-electron chi connectivity index (χ2n) is 7.79. The third-order valence-electron chi connectivity index (χ3n) is 6.19. The minimum Gasteiger partial charge on any atom is -0.396 e. The molecule has 4 rings (SSSR count). The van der Waals surface area contributed by atoms with Crippen molar-refractivity contribution in [2.75, 3.05) is 26.2 Å². The number of aliphatic hydroxyl groups excluding tert-OH is 1. The van der Waals surface area contributed by atoms with E-state index in [0.717, 1.165) is 38.6 Å². The molecule has 1 saturated heterocycles. The molecular weight excluding hydrogens is 310 g/mol. The summed E-state index contributed by atoms with van der Waals surface area (Å²) in [4.78, 5) is 8.70. The number of fused-ring (bicyclic) bond motifs is 1. The predicted octanol–water partition coefficient (Wildman–Crippen LogP) is 3.37. The maximum Gasteiger partial charge on any atom is 0.0457 e. The third kappa shape index (κ3) is 3.76. The van der Waals surface area contributed by atoms with E-state index in [1.807, 2.05) is 0 Å². The Morgan fingerprint density at radius 2 is 1.92 bits per heavy atom. The first-order chi connectivity index (χ1) is 12.3. The van der Waals surface area contributed by atoms with Crippen LogP contribution in [0.25, 0.3) is 10.9 Å². The molecule has 4 nitrogen and oxygen atoms in total. The zero-order valence-corrected chi connectivity index (χ0v) is 15.2. The molecule has 2 aromatic rings. The first-order valence-electron chi connectivity index (χ1n) is 9.99. The lowest BCUT2D eigenvalue weighted by Crippen LogP contribution is -2.56. The van der Waals surface area contributed by atoms with Crippen molar-refractivity contribution in [3.8, 4) is 0 Å². The molecule has 25 heavy (non-hydrogen) atoms. The van der Waals surface area contributed by atoms with E-state index in [1.165, 1.54) is 48.6 Å². The second-order valence-corrected chi connectivity index (χ2v) is 7.79. The summed E-state index contributed by atoms with van der Waals surface area (Å²) in [6.45, 7) is 4.67. The minimum absolute atomic E-state index is 0.300. The van der Waals surface area contributed by atoms with E-state index in [-0.39, 0.29) is 0 Å². The number of H-pyrrole nitrogens is 1. The lowest BCUT2D eigenvalue weighted by atomic mass is 9.91. The number of rotatable bonds is 5. The first kappa shape index (κ1) is 17.1. The number of piperazine rings is 1. The van der Waals surface area contributed by atoms with Gasteiger partial charge in [0.1, 0.15) is 0 Å². The van der Waals surface area contributed by atoms with Crippen LogP contribution >= 0.6 is 0 Å². The van der Waals surface area contributed by atoms with Crippen LogP contribution in [0.5, 0.6) is 0 Å². The van der Waals surface area contributed by atoms with Gasteiger partial charge in [-0.2, -0.15) is 0 Å². The van der Waals surface area contributed by atoms with Crippen LogP contribution < -0.4 is 0 Å². The number of benzene rings is 1. The van der Waals surface area contributed by atoms with Gasteiger partial charge < -0.3 is 10.1 Å². The summed E-state index contributed by atoms with van der Waals surface area (Å²) < 4.78 is 0. The standard InChI is InChI=1S/C21H31N3O/c25-13-10-19-16-23(11-12-24(19)18-6-2-1-3-7-18)15-17-14-22-21-9-5-4-8-20(17)21/h4-5,8-9,14,18-19,22,25H,1-3,6-7,10-13,15-16H2/t19-/m0/s1. The molecule has 0 radical (unpaired) electrons. The summed E-state index contributed by atoms with van der Waals surface area (Å²) in [6, 6.07) is 9.82. The van der Waals surface area contributed by atoms with Crippen molar-refractivity contribution in [2.45, 2.75) is 57.2 Å². The number of nitrogens with zero attached hydrogens (tertiary/aromatic N) is 2.